The third kappa shape index (κ3) is 6.09. The number of benzene rings is 10. The van der Waals surface area contributed by atoms with Crippen LogP contribution < -0.4 is 4.90 Å². The number of anilines is 3. The summed E-state index contributed by atoms with van der Waals surface area (Å²) >= 11 is 1.86. The minimum atomic E-state index is 1.08. The number of hydrogen-bond donors (Lipinski definition) is 0. The van der Waals surface area contributed by atoms with Crippen molar-refractivity contribution in [2.75, 3.05) is 4.90 Å². The molecule has 0 aliphatic carbocycles. The third-order valence-corrected chi connectivity index (χ3v) is 13.3. The van der Waals surface area contributed by atoms with Crippen molar-refractivity contribution in [1.29, 1.82) is 0 Å². The fourth-order valence-electron chi connectivity index (χ4n) is 9.26. The Bertz CT molecular complexity index is 3560. The van der Waals surface area contributed by atoms with Crippen LogP contribution in [0.4, 0.5) is 17.1 Å². The van der Waals surface area contributed by atoms with E-state index in [9.17, 15) is 0 Å². The summed E-state index contributed by atoms with van der Waals surface area (Å²) in [5.74, 6) is 0. The lowest BCUT2D eigenvalue weighted by Gasteiger charge is -2.28. The Balaban J connectivity index is 1.01. The highest BCUT2D eigenvalue weighted by molar-refractivity contribution is 7.25. The summed E-state index contributed by atoms with van der Waals surface area (Å²) in [5.41, 5.74) is 13.9. The van der Waals surface area contributed by atoms with E-state index in [4.69, 9.17) is 0 Å². The quantitative estimate of drug-likeness (QED) is 0.156. The standard InChI is InChI=1S/C58H38N2S/c1-2-14-41-36-44(28-27-39(41)13-1)43-16-11-15-42(35-43)40-29-32-46(33-30-40)59(47-17-12-18-48(38-47)60-55-24-8-4-20-50(55)51-21-5-9-25-56(51)60)54-23-7-3-19-49(54)45-31-34-58-53(37-45)52-22-6-10-26-57(52)61-58/h1-38H. The minimum Gasteiger partial charge on any atom is -0.310 e. The Labute approximate surface area is 358 Å². The molecule has 0 fully saturated rings. The van der Waals surface area contributed by atoms with Gasteiger partial charge in [-0.15, -0.1) is 11.3 Å². The van der Waals surface area contributed by atoms with Crippen molar-refractivity contribution in [1.82, 2.24) is 4.57 Å². The van der Waals surface area contributed by atoms with Gasteiger partial charge in [-0.3, -0.25) is 0 Å². The van der Waals surface area contributed by atoms with Crippen molar-refractivity contribution in [2.45, 2.75) is 0 Å². The van der Waals surface area contributed by atoms with Crippen LogP contribution in [0.3, 0.4) is 0 Å². The summed E-state index contributed by atoms with van der Waals surface area (Å²) in [7, 11) is 0. The number of para-hydroxylation sites is 3. The van der Waals surface area contributed by atoms with Crippen molar-refractivity contribution in [3.8, 4) is 39.1 Å². The first kappa shape index (κ1) is 35.2. The first-order valence-electron chi connectivity index (χ1n) is 20.8. The zero-order valence-corrected chi connectivity index (χ0v) is 34.1. The normalized spacial score (nSPS) is 11.6. The van der Waals surface area contributed by atoms with Crippen molar-refractivity contribution in [2.24, 2.45) is 0 Å². The molecule has 3 heteroatoms. The van der Waals surface area contributed by atoms with Gasteiger partial charge in [0.25, 0.3) is 0 Å². The molecule has 2 heterocycles. The topological polar surface area (TPSA) is 8.17 Å². The number of fused-ring (bicyclic) bond motifs is 7. The SMILES string of the molecule is c1cc(-c2ccc(N(c3cccc(-n4c5ccccc5c5ccccc54)c3)c3ccccc3-c3ccc4sc5ccccc5c4c3)cc2)cc(-c2ccc3ccccc3c2)c1. The molecular weight excluding hydrogens is 757 g/mol. The van der Waals surface area contributed by atoms with Gasteiger partial charge in [0, 0.05) is 53.6 Å². The van der Waals surface area contributed by atoms with Crippen molar-refractivity contribution >= 4 is 81.1 Å². The third-order valence-electron chi connectivity index (χ3n) is 12.2. The summed E-state index contributed by atoms with van der Waals surface area (Å²) in [6.45, 7) is 0. The number of rotatable bonds is 7. The monoisotopic (exact) mass is 794 g/mol. The van der Waals surface area contributed by atoms with Crippen LogP contribution in [0.5, 0.6) is 0 Å². The van der Waals surface area contributed by atoms with Crippen LogP contribution in [0.1, 0.15) is 0 Å². The Kier molecular flexibility index (Phi) is 8.39. The molecule has 0 unspecified atom stereocenters. The van der Waals surface area contributed by atoms with Gasteiger partial charge in [-0.05, 0) is 117 Å². The van der Waals surface area contributed by atoms with Gasteiger partial charge in [0.1, 0.15) is 0 Å². The molecule has 286 valence electrons. The van der Waals surface area contributed by atoms with E-state index in [0.29, 0.717) is 0 Å². The van der Waals surface area contributed by atoms with Crippen LogP contribution in [-0.2, 0) is 0 Å². The molecule has 0 N–H and O–H groups in total. The largest absolute Gasteiger partial charge is 0.310 e. The van der Waals surface area contributed by atoms with Gasteiger partial charge in [0.2, 0.25) is 0 Å². The number of thiophene rings is 1. The van der Waals surface area contributed by atoms with Crippen LogP contribution in [0.15, 0.2) is 231 Å². The Morgan fingerprint density at radius 1 is 0.328 bits per heavy atom. The molecule has 2 nitrogen and oxygen atoms in total. The molecule has 0 aliphatic rings. The maximum absolute atomic E-state index is 2.43. The lowest BCUT2D eigenvalue weighted by atomic mass is 9.97. The predicted molar refractivity (Wildman–Crippen MR) is 262 cm³/mol. The van der Waals surface area contributed by atoms with Crippen LogP contribution in [0.25, 0.3) is 91.8 Å². The smallest absolute Gasteiger partial charge is 0.0541 e. The lowest BCUT2D eigenvalue weighted by molar-refractivity contribution is 1.17. The zero-order chi connectivity index (χ0) is 40.3. The van der Waals surface area contributed by atoms with E-state index in [2.05, 4.69) is 240 Å². The maximum Gasteiger partial charge on any atom is 0.0541 e. The first-order chi connectivity index (χ1) is 30.2. The van der Waals surface area contributed by atoms with Gasteiger partial charge < -0.3 is 9.47 Å². The van der Waals surface area contributed by atoms with Crippen molar-refractivity contribution < 1.29 is 0 Å². The molecule has 0 aliphatic heterocycles. The van der Waals surface area contributed by atoms with Gasteiger partial charge in [0.05, 0.1) is 16.7 Å². The highest BCUT2D eigenvalue weighted by atomic mass is 32.1. The fourth-order valence-corrected chi connectivity index (χ4v) is 10.3. The Morgan fingerprint density at radius 3 is 1.75 bits per heavy atom. The van der Waals surface area contributed by atoms with E-state index in [-0.39, 0.29) is 0 Å². The molecule has 0 amide bonds. The summed E-state index contributed by atoms with van der Waals surface area (Å²) in [6.07, 6.45) is 0. The molecule has 0 saturated heterocycles. The van der Waals surface area contributed by atoms with E-state index >= 15 is 0 Å². The molecular formula is C58H38N2S. The van der Waals surface area contributed by atoms with E-state index in [1.165, 1.54) is 86.1 Å². The average Bonchev–Trinajstić information content (AvgIpc) is 3.88. The van der Waals surface area contributed by atoms with Gasteiger partial charge in [-0.25, -0.2) is 0 Å². The van der Waals surface area contributed by atoms with Crippen LogP contribution in [-0.4, -0.2) is 4.57 Å². The van der Waals surface area contributed by atoms with Gasteiger partial charge in [-0.2, -0.15) is 0 Å². The minimum absolute atomic E-state index is 1.08. The molecule has 10 aromatic carbocycles. The fraction of sp³-hybridized carbons (Fsp3) is 0. The molecule has 0 saturated carbocycles. The molecule has 2 aromatic heterocycles. The van der Waals surface area contributed by atoms with E-state index in [0.717, 1.165) is 22.7 Å². The molecule has 0 spiro atoms. The molecule has 0 bridgehead atoms. The van der Waals surface area contributed by atoms with E-state index < -0.39 is 0 Å². The molecule has 12 aromatic rings. The number of hydrogen-bond acceptors (Lipinski definition) is 2. The number of nitrogens with zero attached hydrogens (tertiary/aromatic N) is 2. The molecule has 61 heavy (non-hydrogen) atoms. The number of aromatic nitrogens is 1. The Morgan fingerprint density at radius 2 is 0.934 bits per heavy atom. The zero-order valence-electron chi connectivity index (χ0n) is 33.2. The van der Waals surface area contributed by atoms with Gasteiger partial charge >= 0.3 is 0 Å². The van der Waals surface area contributed by atoms with Gasteiger partial charge in [-0.1, -0.05) is 152 Å². The second-order valence-corrected chi connectivity index (χ2v) is 16.8. The predicted octanol–water partition coefficient (Wildman–Crippen LogP) is 16.8. The van der Waals surface area contributed by atoms with Crippen molar-refractivity contribution in [3.05, 3.63) is 231 Å². The average molecular weight is 795 g/mol. The van der Waals surface area contributed by atoms with Gasteiger partial charge in [0.15, 0.2) is 0 Å². The van der Waals surface area contributed by atoms with Crippen molar-refractivity contribution in [3.63, 3.8) is 0 Å². The maximum atomic E-state index is 2.43. The van der Waals surface area contributed by atoms with E-state index in [1.807, 2.05) is 11.3 Å². The van der Waals surface area contributed by atoms with Crippen LogP contribution in [0, 0.1) is 0 Å². The lowest BCUT2D eigenvalue weighted by Crippen LogP contribution is -2.11. The second kappa shape index (κ2) is 14.5. The highest BCUT2D eigenvalue weighted by Crippen LogP contribution is 2.44. The molecule has 0 radical (unpaired) electrons. The van der Waals surface area contributed by atoms with Crippen LogP contribution in [0.2, 0.25) is 0 Å². The van der Waals surface area contributed by atoms with Crippen LogP contribution >= 0.6 is 11.3 Å². The molecule has 0 atom stereocenters. The first-order valence-corrected chi connectivity index (χ1v) is 21.6. The highest BCUT2D eigenvalue weighted by Gasteiger charge is 2.20. The summed E-state index contributed by atoms with van der Waals surface area (Å²) in [5, 5.41) is 7.61. The summed E-state index contributed by atoms with van der Waals surface area (Å²) < 4.78 is 5.02. The summed E-state index contributed by atoms with van der Waals surface area (Å²) in [6, 6.07) is 84.3. The second-order valence-electron chi connectivity index (χ2n) is 15.7. The Hall–Kier alpha value is -7.72. The van der Waals surface area contributed by atoms with E-state index in [1.54, 1.807) is 0 Å². The summed E-state index contributed by atoms with van der Waals surface area (Å²) in [4.78, 5) is 2.43. The molecule has 12 rings (SSSR count).